The standard InChI is InChI=1S/C29H24O19S3/c1-41-15-8-14(30)19-20(22(15)32)26(48-51(5,39)40)24-13(21(19)31)9-29(45-24)10-17(46-49(3,35)36)12-6-11-7-16(27(33)42-2)43-28(34)18(11)25(23(12)44-29)47-50(4,37)38/h6-8,17,31H,9-10H2,1-5H3. The van der Waals surface area contributed by atoms with E-state index < -0.39 is 135 Å². The Hall–Kier alpha value is -5.19. The zero-order chi connectivity index (χ0) is 37.6. The molecule has 19 nitrogen and oxygen atoms in total. The summed E-state index contributed by atoms with van der Waals surface area (Å²) in [7, 11) is -11.3. The second-order valence-electron chi connectivity index (χ2n) is 11.5. The van der Waals surface area contributed by atoms with Crippen molar-refractivity contribution in [1.82, 2.24) is 0 Å². The summed E-state index contributed by atoms with van der Waals surface area (Å²) in [6.45, 7) is 0. The van der Waals surface area contributed by atoms with E-state index >= 15 is 0 Å². The Morgan fingerprint density at radius 1 is 0.882 bits per heavy atom. The third kappa shape index (κ3) is 6.34. The van der Waals surface area contributed by atoms with Gasteiger partial charge in [0.05, 0.1) is 57.0 Å². The zero-order valence-corrected chi connectivity index (χ0v) is 29.2. The Morgan fingerprint density at radius 3 is 2.10 bits per heavy atom. The van der Waals surface area contributed by atoms with Crippen LogP contribution in [0.4, 0.5) is 0 Å². The highest BCUT2D eigenvalue weighted by molar-refractivity contribution is 7.86. The van der Waals surface area contributed by atoms with Gasteiger partial charge in [-0.05, 0) is 17.5 Å². The van der Waals surface area contributed by atoms with E-state index in [1.165, 1.54) is 0 Å². The third-order valence-electron chi connectivity index (χ3n) is 7.66. The van der Waals surface area contributed by atoms with Crippen molar-refractivity contribution < 1.29 is 80.7 Å². The van der Waals surface area contributed by atoms with E-state index in [0.29, 0.717) is 18.8 Å². The number of carbonyl (C=O) groups is 3. The number of fused-ring (bicyclic) bond motifs is 4. The first-order chi connectivity index (χ1) is 23.5. The highest BCUT2D eigenvalue weighted by Crippen LogP contribution is 2.58. The molecule has 6 rings (SSSR count). The first kappa shape index (κ1) is 35.6. The van der Waals surface area contributed by atoms with Crippen LogP contribution < -0.4 is 23.5 Å². The number of carbonyl (C=O) groups excluding carboxylic acids is 3. The van der Waals surface area contributed by atoms with Crippen LogP contribution in [0.5, 0.6) is 28.7 Å². The van der Waals surface area contributed by atoms with Crippen LogP contribution in [0.3, 0.4) is 0 Å². The molecule has 2 atom stereocenters. The van der Waals surface area contributed by atoms with E-state index in [0.717, 1.165) is 32.4 Å². The number of hydrogen-bond donors (Lipinski definition) is 1. The molecule has 1 N–H and O–H groups in total. The lowest BCUT2D eigenvalue weighted by Gasteiger charge is -2.38. The van der Waals surface area contributed by atoms with Gasteiger partial charge < -0.3 is 36.8 Å². The van der Waals surface area contributed by atoms with Crippen LogP contribution in [0.15, 0.2) is 33.2 Å². The van der Waals surface area contributed by atoms with Crippen molar-refractivity contribution in [3.8, 4) is 28.7 Å². The molecule has 2 unspecified atom stereocenters. The number of hydrogen-bond acceptors (Lipinski definition) is 19. The average Bonchev–Trinajstić information content (AvgIpc) is 3.36. The lowest BCUT2D eigenvalue weighted by Crippen LogP contribution is -2.46. The number of phenolic OH excluding ortho intramolecular Hbond substituents is 1. The Kier molecular flexibility index (Phi) is 8.16. The number of ether oxygens (including phenoxy) is 4. The number of esters is 1. The molecule has 0 fully saturated rings. The van der Waals surface area contributed by atoms with E-state index in [2.05, 4.69) is 4.74 Å². The molecule has 3 aliphatic rings. The number of rotatable bonds is 8. The molecule has 0 bridgehead atoms. The average molecular weight is 773 g/mol. The summed E-state index contributed by atoms with van der Waals surface area (Å²) in [4.78, 5) is 51.9. The van der Waals surface area contributed by atoms with Crippen molar-refractivity contribution in [2.45, 2.75) is 24.7 Å². The molecule has 51 heavy (non-hydrogen) atoms. The van der Waals surface area contributed by atoms with Crippen molar-refractivity contribution in [2.24, 2.45) is 0 Å². The molecule has 2 aromatic carbocycles. The number of benzene rings is 2. The fourth-order valence-corrected chi connectivity index (χ4v) is 7.43. The number of Topliss-reactive ketones (excluding diaryl/α,β-unsaturated/α-hetero) is 1. The first-order valence-electron chi connectivity index (χ1n) is 14.1. The molecule has 272 valence electrons. The van der Waals surface area contributed by atoms with Gasteiger partial charge in [0.25, 0.3) is 15.9 Å². The summed E-state index contributed by atoms with van der Waals surface area (Å²) < 4.78 is 117. The van der Waals surface area contributed by atoms with Crippen LogP contribution in [0, 0.1) is 0 Å². The van der Waals surface area contributed by atoms with Crippen LogP contribution in [0.2, 0.25) is 0 Å². The summed E-state index contributed by atoms with van der Waals surface area (Å²) in [6, 6.07) is 2.13. The maximum Gasteiger partial charge on any atom is 0.374 e. The number of phenols is 1. The summed E-state index contributed by atoms with van der Waals surface area (Å²) in [5.74, 6) is -10.4. The van der Waals surface area contributed by atoms with E-state index in [4.69, 9.17) is 31.2 Å². The maximum atomic E-state index is 13.4. The van der Waals surface area contributed by atoms with Gasteiger partial charge in [0.1, 0.15) is 17.2 Å². The molecule has 1 aliphatic carbocycles. The first-order valence-corrected chi connectivity index (χ1v) is 19.5. The van der Waals surface area contributed by atoms with Gasteiger partial charge in [-0.1, -0.05) is 0 Å². The molecule has 0 saturated carbocycles. The molecule has 1 spiro atoms. The fourth-order valence-electron chi connectivity index (χ4n) is 5.91. The Labute approximate surface area is 287 Å². The highest BCUT2D eigenvalue weighted by Gasteiger charge is 2.54. The molecule has 3 heterocycles. The van der Waals surface area contributed by atoms with Gasteiger partial charge in [-0.25, -0.2) is 9.59 Å². The highest BCUT2D eigenvalue weighted by atomic mass is 32.2. The smallest absolute Gasteiger partial charge is 0.374 e. The van der Waals surface area contributed by atoms with Gasteiger partial charge >= 0.3 is 31.8 Å². The predicted molar refractivity (Wildman–Crippen MR) is 168 cm³/mol. The SMILES string of the molecule is COC(=O)c1cc2cc3c(c(OS(C)(=O)=O)c2c(=O)o1)OC1(Cc2c(O)c4c(c(OS(C)(=O)=O)c2O1)C(=O)C(OC)=CC4=O)CC3OS(C)(=O)=O. The van der Waals surface area contributed by atoms with Gasteiger partial charge in [-0.3, -0.25) is 13.8 Å². The van der Waals surface area contributed by atoms with E-state index in [1.807, 2.05) is 0 Å². The number of ketones is 2. The van der Waals surface area contributed by atoms with Crippen LogP contribution in [0.1, 0.15) is 54.9 Å². The fraction of sp³-hybridized carbons (Fsp3) is 0.310. The topological polar surface area (TPSA) is 269 Å². The summed E-state index contributed by atoms with van der Waals surface area (Å²) in [6.07, 6.45) is -0.283. The minimum Gasteiger partial charge on any atom is -0.507 e. The number of aromatic hydroxyl groups is 1. The van der Waals surface area contributed by atoms with Crippen LogP contribution >= 0.6 is 0 Å². The largest absolute Gasteiger partial charge is 0.507 e. The molecule has 3 aromatic rings. The second kappa shape index (κ2) is 11.7. The Balaban J connectivity index is 1.63. The van der Waals surface area contributed by atoms with Gasteiger partial charge in [0, 0.05) is 17.2 Å². The van der Waals surface area contributed by atoms with Crippen molar-refractivity contribution in [1.29, 1.82) is 0 Å². The van der Waals surface area contributed by atoms with Gasteiger partial charge in [0.15, 0.2) is 34.5 Å². The molecule has 0 radical (unpaired) electrons. The molecule has 0 amide bonds. The second-order valence-corrected chi connectivity index (χ2v) is 16.2. The van der Waals surface area contributed by atoms with Crippen molar-refractivity contribution in [2.75, 3.05) is 33.0 Å². The molecule has 1 aromatic heterocycles. The molecular weight excluding hydrogens is 749 g/mol. The molecule has 22 heteroatoms. The molecule has 2 aliphatic heterocycles. The van der Waals surface area contributed by atoms with Crippen molar-refractivity contribution >= 4 is 58.7 Å². The predicted octanol–water partition coefficient (Wildman–Crippen LogP) is 1.00. The normalized spacial score (nSPS) is 19.7. The van der Waals surface area contributed by atoms with E-state index in [-0.39, 0.29) is 16.5 Å². The summed E-state index contributed by atoms with van der Waals surface area (Å²) >= 11 is 0. The Bertz CT molecular complexity index is 2550. The zero-order valence-electron chi connectivity index (χ0n) is 26.7. The molecular formula is C29H24O19S3. The van der Waals surface area contributed by atoms with Gasteiger partial charge in [-0.15, -0.1) is 0 Å². The third-order valence-corrected chi connectivity index (χ3v) is 9.18. The van der Waals surface area contributed by atoms with Gasteiger partial charge in [0.2, 0.25) is 11.5 Å². The lowest BCUT2D eigenvalue weighted by molar-refractivity contribution is -0.134. The van der Waals surface area contributed by atoms with E-state index in [1.54, 1.807) is 0 Å². The maximum absolute atomic E-state index is 13.4. The number of methoxy groups -OCH3 is 2. The summed E-state index contributed by atoms with van der Waals surface area (Å²) in [5, 5.41) is 10.6. The summed E-state index contributed by atoms with van der Waals surface area (Å²) in [5.41, 5.74) is -3.33. The van der Waals surface area contributed by atoms with Crippen molar-refractivity contribution in [3.63, 3.8) is 0 Å². The Morgan fingerprint density at radius 2 is 1.51 bits per heavy atom. The minimum absolute atomic E-state index is 0.200. The monoisotopic (exact) mass is 772 g/mol. The number of allylic oxidation sites excluding steroid dienone is 2. The lowest BCUT2D eigenvalue weighted by atomic mass is 9.87. The quantitative estimate of drug-likeness (QED) is 0.247. The minimum atomic E-state index is -4.53. The molecule has 0 saturated heterocycles. The van der Waals surface area contributed by atoms with Crippen LogP contribution in [-0.2, 0) is 50.4 Å². The van der Waals surface area contributed by atoms with Crippen molar-refractivity contribution in [3.05, 3.63) is 62.4 Å². The van der Waals surface area contributed by atoms with Crippen LogP contribution in [-0.4, -0.2) is 86.7 Å². The van der Waals surface area contributed by atoms with Crippen LogP contribution in [0.25, 0.3) is 10.8 Å². The van der Waals surface area contributed by atoms with E-state index in [9.17, 15) is 49.5 Å². The van der Waals surface area contributed by atoms with Gasteiger partial charge in [-0.2, -0.15) is 25.3 Å².